The lowest BCUT2D eigenvalue weighted by molar-refractivity contribution is -0.121. The molecule has 2 heterocycles. The molecule has 2 aromatic heterocycles. The van der Waals surface area contributed by atoms with Gasteiger partial charge in [-0.3, -0.25) is 19.2 Å². The monoisotopic (exact) mass is 510 g/mol. The second kappa shape index (κ2) is 12.8. The molecule has 0 saturated heterocycles. The van der Waals surface area contributed by atoms with Gasteiger partial charge in [-0.25, -0.2) is 9.48 Å². The van der Waals surface area contributed by atoms with E-state index < -0.39 is 12.2 Å². The molecule has 1 atom stereocenters. The van der Waals surface area contributed by atoms with Crippen LogP contribution in [-0.2, 0) is 17.8 Å². The Kier molecular flexibility index (Phi) is 9.56. The van der Waals surface area contributed by atoms with Crippen LogP contribution >= 0.6 is 0 Å². The summed E-state index contributed by atoms with van der Waals surface area (Å²) in [5.74, 6) is 0.0376. The molecule has 3 rings (SSSR count). The van der Waals surface area contributed by atoms with Crippen molar-refractivity contribution in [2.45, 2.75) is 52.7 Å². The summed E-state index contributed by atoms with van der Waals surface area (Å²) in [4.78, 5) is 37.4. The topological polar surface area (TPSA) is 143 Å². The van der Waals surface area contributed by atoms with Gasteiger partial charge in [-0.2, -0.15) is 10.2 Å². The van der Waals surface area contributed by atoms with Gasteiger partial charge in [0.1, 0.15) is 11.4 Å². The molecule has 0 saturated carbocycles. The second-order valence-electron chi connectivity index (χ2n) is 9.42. The van der Waals surface area contributed by atoms with Gasteiger partial charge in [0.25, 0.3) is 0 Å². The van der Waals surface area contributed by atoms with Gasteiger partial charge < -0.3 is 15.5 Å². The van der Waals surface area contributed by atoms with Gasteiger partial charge in [-0.15, -0.1) is 0 Å². The van der Waals surface area contributed by atoms with Gasteiger partial charge in [0.2, 0.25) is 11.3 Å². The molecular weight excluding hydrogens is 476 g/mol. The Morgan fingerprint density at radius 3 is 2.68 bits per heavy atom. The molecule has 1 unspecified atom stereocenters. The van der Waals surface area contributed by atoms with E-state index in [4.69, 9.17) is 0 Å². The number of anilines is 1. The van der Waals surface area contributed by atoms with Crippen LogP contribution in [0, 0.1) is 5.92 Å². The van der Waals surface area contributed by atoms with Crippen molar-refractivity contribution in [3.63, 3.8) is 0 Å². The van der Waals surface area contributed by atoms with Crippen molar-refractivity contribution in [2.24, 2.45) is 5.92 Å². The van der Waals surface area contributed by atoms with Gasteiger partial charge in [-0.05, 0) is 37.0 Å². The van der Waals surface area contributed by atoms with Crippen LogP contribution in [0.15, 0.2) is 53.7 Å². The maximum atomic E-state index is 12.5. The van der Waals surface area contributed by atoms with Crippen LogP contribution in [0.5, 0.6) is 0 Å². The van der Waals surface area contributed by atoms with Crippen LogP contribution in [0.4, 0.5) is 10.5 Å². The third-order valence-electron chi connectivity index (χ3n) is 5.52. The van der Waals surface area contributed by atoms with Crippen molar-refractivity contribution in [1.82, 2.24) is 24.9 Å². The number of carbonyl (C=O) groups is 2. The van der Waals surface area contributed by atoms with Crippen molar-refractivity contribution in [2.75, 3.05) is 18.0 Å². The Hall–Kier alpha value is -3.99. The molecule has 0 aliphatic carbocycles. The summed E-state index contributed by atoms with van der Waals surface area (Å²) in [5, 5.41) is 30.3. The molecule has 3 N–H and O–H groups in total. The number of aryl methyl sites for hydroxylation is 1. The van der Waals surface area contributed by atoms with E-state index in [1.807, 2.05) is 19.9 Å². The summed E-state index contributed by atoms with van der Waals surface area (Å²) < 4.78 is 3.27. The largest absolute Gasteiger partial charge is 0.465 e. The Labute approximate surface area is 215 Å². The van der Waals surface area contributed by atoms with Gasteiger partial charge in [0, 0.05) is 50.4 Å². The molecule has 3 aromatic rings. The average molecular weight is 511 g/mol. The molecule has 0 aliphatic rings. The second-order valence-corrected chi connectivity index (χ2v) is 9.42. The number of aliphatic hydroxyl groups excluding tert-OH is 1. The predicted octanol–water partition coefficient (Wildman–Crippen LogP) is 2.44. The first-order chi connectivity index (χ1) is 17.6. The molecule has 0 bridgehead atoms. The number of aromatic nitrogens is 4. The molecule has 37 heavy (non-hydrogen) atoms. The molecule has 0 radical (unpaired) electrons. The SMILES string of the molecule is CC(C)CN(C(=O)O)c1cccc(Cc2nn(-c3cnn(CCCC(=O)NCC(C)O)c3)ccc2=O)c1. The van der Waals surface area contributed by atoms with E-state index in [0.29, 0.717) is 43.0 Å². The summed E-state index contributed by atoms with van der Waals surface area (Å²) >= 11 is 0. The van der Waals surface area contributed by atoms with Gasteiger partial charge >= 0.3 is 6.09 Å². The van der Waals surface area contributed by atoms with Crippen LogP contribution in [-0.4, -0.2) is 61.0 Å². The minimum atomic E-state index is -1.02. The highest BCUT2D eigenvalue weighted by molar-refractivity contribution is 5.86. The zero-order valence-electron chi connectivity index (χ0n) is 21.4. The zero-order valence-corrected chi connectivity index (χ0v) is 21.4. The van der Waals surface area contributed by atoms with Gasteiger partial charge in [0.05, 0.1) is 18.5 Å². The maximum Gasteiger partial charge on any atom is 0.411 e. The smallest absolute Gasteiger partial charge is 0.411 e. The van der Waals surface area contributed by atoms with Crippen molar-refractivity contribution >= 4 is 17.7 Å². The molecule has 198 valence electrons. The average Bonchev–Trinajstić information content (AvgIpc) is 3.31. The fourth-order valence-corrected chi connectivity index (χ4v) is 3.74. The number of hydrogen-bond donors (Lipinski definition) is 3. The van der Waals surface area contributed by atoms with Crippen molar-refractivity contribution in [3.8, 4) is 5.69 Å². The highest BCUT2D eigenvalue weighted by Gasteiger charge is 2.16. The Morgan fingerprint density at radius 2 is 1.97 bits per heavy atom. The molecule has 0 spiro atoms. The molecular formula is C26H34N6O5. The van der Waals surface area contributed by atoms with Crippen LogP contribution in [0.2, 0.25) is 0 Å². The first kappa shape index (κ1) is 27.6. The number of carbonyl (C=O) groups excluding carboxylic acids is 1. The third kappa shape index (κ3) is 8.28. The van der Waals surface area contributed by atoms with E-state index in [-0.39, 0.29) is 30.2 Å². The Balaban J connectivity index is 1.69. The number of benzene rings is 1. The Morgan fingerprint density at radius 1 is 1.19 bits per heavy atom. The molecule has 1 aromatic carbocycles. The van der Waals surface area contributed by atoms with Crippen LogP contribution < -0.4 is 15.6 Å². The highest BCUT2D eigenvalue weighted by atomic mass is 16.4. The van der Waals surface area contributed by atoms with Crippen molar-refractivity contribution in [1.29, 1.82) is 0 Å². The number of nitrogens with zero attached hydrogens (tertiary/aromatic N) is 5. The molecule has 11 nitrogen and oxygen atoms in total. The van der Waals surface area contributed by atoms with E-state index in [1.165, 1.54) is 11.0 Å². The van der Waals surface area contributed by atoms with E-state index >= 15 is 0 Å². The summed E-state index contributed by atoms with van der Waals surface area (Å²) in [7, 11) is 0. The number of carboxylic acid groups (broad SMARTS) is 1. The lowest BCUT2D eigenvalue weighted by Gasteiger charge is -2.22. The van der Waals surface area contributed by atoms with Gasteiger partial charge in [0.15, 0.2) is 0 Å². The van der Waals surface area contributed by atoms with Gasteiger partial charge in [-0.1, -0.05) is 26.0 Å². The molecule has 11 heteroatoms. The van der Waals surface area contributed by atoms with Crippen LogP contribution in [0.1, 0.15) is 44.9 Å². The number of hydrogen-bond acceptors (Lipinski definition) is 6. The quantitative estimate of drug-likeness (QED) is 0.340. The minimum Gasteiger partial charge on any atom is -0.465 e. The number of nitrogens with one attached hydrogen (secondary N) is 1. The molecule has 0 aliphatic heterocycles. The summed E-state index contributed by atoms with van der Waals surface area (Å²) in [6.45, 7) is 6.64. The third-order valence-corrected chi connectivity index (χ3v) is 5.52. The minimum absolute atomic E-state index is 0.125. The predicted molar refractivity (Wildman–Crippen MR) is 139 cm³/mol. The van der Waals surface area contributed by atoms with E-state index in [2.05, 4.69) is 15.5 Å². The standard InChI is InChI=1S/C26H34N6O5/c1-18(2)16-31(26(36)37)21-7-4-6-20(12-21)13-23-24(34)9-11-32(29-23)22-15-28-30(17-22)10-5-8-25(35)27-14-19(3)33/h4,6-7,9,11-12,15,17-19,33H,5,8,10,13-14,16H2,1-3H3,(H,27,35)(H,36,37). The first-order valence-corrected chi connectivity index (χ1v) is 12.3. The normalized spacial score (nSPS) is 11.9. The number of rotatable bonds is 12. The summed E-state index contributed by atoms with van der Waals surface area (Å²) in [6, 6.07) is 8.56. The summed E-state index contributed by atoms with van der Waals surface area (Å²) in [6.07, 6.45) is 4.52. The van der Waals surface area contributed by atoms with Crippen LogP contribution in [0.3, 0.4) is 0 Å². The summed E-state index contributed by atoms with van der Waals surface area (Å²) in [5.41, 5.74) is 2.11. The van der Waals surface area contributed by atoms with E-state index in [1.54, 1.807) is 53.1 Å². The Bertz CT molecular complexity index is 1270. The highest BCUT2D eigenvalue weighted by Crippen LogP contribution is 2.19. The fourth-order valence-electron chi connectivity index (χ4n) is 3.74. The molecule has 2 amide bonds. The van der Waals surface area contributed by atoms with Crippen LogP contribution in [0.25, 0.3) is 5.69 Å². The lowest BCUT2D eigenvalue weighted by Crippen LogP contribution is -2.32. The number of amides is 2. The first-order valence-electron chi connectivity index (χ1n) is 12.3. The van der Waals surface area contributed by atoms with E-state index in [0.717, 1.165) is 5.56 Å². The maximum absolute atomic E-state index is 12.5. The zero-order chi connectivity index (χ0) is 26.9. The van der Waals surface area contributed by atoms with Crippen molar-refractivity contribution < 1.29 is 19.8 Å². The van der Waals surface area contributed by atoms with Crippen molar-refractivity contribution in [3.05, 3.63) is 70.4 Å². The lowest BCUT2D eigenvalue weighted by atomic mass is 10.1. The molecule has 0 fully saturated rings. The fraction of sp³-hybridized carbons (Fsp3) is 0.423. The van der Waals surface area contributed by atoms with E-state index in [9.17, 15) is 24.6 Å². The number of aliphatic hydroxyl groups is 1.